The van der Waals surface area contributed by atoms with E-state index in [1.807, 2.05) is 19.9 Å². The Hall–Kier alpha value is -2.74. The molecule has 0 aliphatic heterocycles. The van der Waals surface area contributed by atoms with Crippen molar-refractivity contribution in [1.82, 2.24) is 9.97 Å². The number of anilines is 2. The first kappa shape index (κ1) is 19.0. The molecule has 0 saturated heterocycles. The summed E-state index contributed by atoms with van der Waals surface area (Å²) >= 11 is 0. The number of hydrogen-bond donors (Lipinski definition) is 3. The molecule has 1 fully saturated rings. The van der Waals surface area contributed by atoms with E-state index in [1.54, 1.807) is 18.2 Å². The maximum Gasteiger partial charge on any atom is 0.274 e. The highest BCUT2D eigenvalue weighted by atomic mass is 16.6. The zero-order chi connectivity index (χ0) is 19.4. The van der Waals surface area contributed by atoms with Gasteiger partial charge in [0, 0.05) is 30.2 Å². The van der Waals surface area contributed by atoms with Crippen molar-refractivity contribution in [3.8, 4) is 0 Å². The van der Waals surface area contributed by atoms with E-state index in [0.29, 0.717) is 29.8 Å². The van der Waals surface area contributed by atoms with Crippen LogP contribution >= 0.6 is 0 Å². The molecule has 1 atom stereocenters. The van der Waals surface area contributed by atoms with Crippen molar-refractivity contribution in [3.05, 3.63) is 51.7 Å². The zero-order valence-corrected chi connectivity index (χ0v) is 15.6. The predicted octanol–water partition coefficient (Wildman–Crippen LogP) is 3.30. The smallest absolute Gasteiger partial charge is 0.274 e. The van der Waals surface area contributed by atoms with E-state index < -0.39 is 0 Å². The zero-order valence-electron chi connectivity index (χ0n) is 15.6. The largest absolute Gasteiger partial charge is 0.394 e. The lowest BCUT2D eigenvalue weighted by molar-refractivity contribution is -0.385. The van der Waals surface area contributed by atoms with Crippen LogP contribution in [0, 0.1) is 16.0 Å². The molecule has 1 aromatic heterocycles. The Morgan fingerprint density at radius 3 is 2.67 bits per heavy atom. The molecular weight excluding hydrogens is 346 g/mol. The van der Waals surface area contributed by atoms with Crippen molar-refractivity contribution in [3.63, 3.8) is 0 Å². The molecule has 0 amide bonds. The molecular formula is C19H25N5O3. The van der Waals surface area contributed by atoms with Gasteiger partial charge in [0.25, 0.3) is 5.69 Å². The number of nitrogens with one attached hydrogen (secondary N) is 2. The molecule has 1 aliphatic carbocycles. The third-order valence-corrected chi connectivity index (χ3v) is 4.71. The van der Waals surface area contributed by atoms with Crippen molar-refractivity contribution in [2.45, 2.75) is 45.2 Å². The summed E-state index contributed by atoms with van der Waals surface area (Å²) < 4.78 is 0. The maximum absolute atomic E-state index is 11.2. The Balaban J connectivity index is 1.79. The highest BCUT2D eigenvalue weighted by molar-refractivity contribution is 5.47. The number of nitrogens with zero attached hydrogens (tertiary/aromatic N) is 3. The molecule has 0 bridgehead atoms. The van der Waals surface area contributed by atoms with Gasteiger partial charge in [0.05, 0.1) is 23.3 Å². The molecule has 0 unspecified atom stereocenters. The highest BCUT2D eigenvalue weighted by Crippen LogP contribution is 2.40. The minimum absolute atomic E-state index is 0.00629. The van der Waals surface area contributed by atoms with Crippen LogP contribution in [0.2, 0.25) is 0 Å². The Labute approximate surface area is 158 Å². The van der Waals surface area contributed by atoms with Gasteiger partial charge in [0.1, 0.15) is 5.82 Å². The van der Waals surface area contributed by atoms with E-state index in [1.165, 1.54) is 6.07 Å². The Bertz CT molecular complexity index is 808. The van der Waals surface area contributed by atoms with E-state index in [2.05, 4.69) is 20.6 Å². The third kappa shape index (κ3) is 4.91. The standard InChI is InChI=1S/C19H25N5O3/c1-12(2)16(11-25)22-19-21-15(13-7-8-13)9-18(23-19)20-10-14-5-3-4-6-17(14)24(26)27/h3-6,9,12-13,16,25H,7-8,10-11H2,1-2H3,(H2,20,21,22,23)/t16-/m1/s1. The first-order valence-corrected chi connectivity index (χ1v) is 9.20. The molecule has 1 saturated carbocycles. The fourth-order valence-electron chi connectivity index (χ4n) is 2.82. The molecule has 8 nitrogen and oxygen atoms in total. The number of aliphatic hydroxyl groups excluding tert-OH is 1. The van der Waals surface area contributed by atoms with E-state index in [0.717, 1.165) is 18.5 Å². The molecule has 1 aromatic carbocycles. The number of aliphatic hydroxyl groups is 1. The summed E-state index contributed by atoms with van der Waals surface area (Å²) in [5, 5.41) is 27.1. The average Bonchev–Trinajstić information content (AvgIpc) is 3.49. The van der Waals surface area contributed by atoms with Gasteiger partial charge in [-0.3, -0.25) is 10.1 Å². The first-order chi connectivity index (χ1) is 13.0. The molecule has 1 aliphatic rings. The van der Waals surface area contributed by atoms with E-state index >= 15 is 0 Å². The van der Waals surface area contributed by atoms with Gasteiger partial charge < -0.3 is 15.7 Å². The van der Waals surface area contributed by atoms with Crippen LogP contribution in [0.15, 0.2) is 30.3 Å². The van der Waals surface area contributed by atoms with Gasteiger partial charge >= 0.3 is 0 Å². The fraction of sp³-hybridized carbons (Fsp3) is 0.474. The number of rotatable bonds is 9. The monoisotopic (exact) mass is 371 g/mol. The van der Waals surface area contributed by atoms with Crippen molar-refractivity contribution in [2.75, 3.05) is 17.2 Å². The number of benzene rings is 1. The van der Waals surface area contributed by atoms with Crippen molar-refractivity contribution < 1.29 is 10.0 Å². The van der Waals surface area contributed by atoms with Gasteiger partial charge in [0.15, 0.2) is 0 Å². The van der Waals surface area contributed by atoms with Crippen LogP contribution in [0.5, 0.6) is 0 Å². The Kier molecular flexibility index (Phi) is 5.85. The lowest BCUT2D eigenvalue weighted by Crippen LogP contribution is -2.30. The lowest BCUT2D eigenvalue weighted by atomic mass is 10.1. The number of hydrogen-bond acceptors (Lipinski definition) is 7. The first-order valence-electron chi connectivity index (χ1n) is 9.20. The second kappa shape index (κ2) is 8.30. The molecule has 27 heavy (non-hydrogen) atoms. The van der Waals surface area contributed by atoms with Crippen LogP contribution in [-0.4, -0.2) is 32.6 Å². The normalized spacial score (nSPS) is 14.8. The molecule has 0 radical (unpaired) electrons. The van der Waals surface area contributed by atoms with E-state index in [-0.39, 0.29) is 29.2 Å². The van der Waals surface area contributed by atoms with Gasteiger partial charge in [0.2, 0.25) is 5.95 Å². The Morgan fingerprint density at radius 1 is 1.30 bits per heavy atom. The number of nitro groups is 1. The van der Waals surface area contributed by atoms with Crippen molar-refractivity contribution in [1.29, 1.82) is 0 Å². The number of aromatic nitrogens is 2. The summed E-state index contributed by atoms with van der Waals surface area (Å²) in [5.74, 6) is 1.75. The van der Waals surface area contributed by atoms with Crippen LogP contribution in [0.1, 0.15) is 43.9 Å². The van der Waals surface area contributed by atoms with Gasteiger partial charge in [-0.2, -0.15) is 4.98 Å². The van der Waals surface area contributed by atoms with Crippen LogP contribution in [0.25, 0.3) is 0 Å². The van der Waals surface area contributed by atoms with Crippen LogP contribution in [0.3, 0.4) is 0 Å². The SMILES string of the molecule is CC(C)[C@@H](CO)Nc1nc(NCc2ccccc2[N+](=O)[O-])cc(C2CC2)n1. The van der Waals surface area contributed by atoms with E-state index in [4.69, 9.17) is 0 Å². The summed E-state index contributed by atoms with van der Waals surface area (Å²) in [5.41, 5.74) is 1.64. The predicted molar refractivity (Wildman–Crippen MR) is 104 cm³/mol. The van der Waals surface area contributed by atoms with Gasteiger partial charge in [-0.15, -0.1) is 0 Å². The molecule has 144 valence electrons. The molecule has 8 heteroatoms. The van der Waals surface area contributed by atoms with Gasteiger partial charge in [-0.05, 0) is 18.8 Å². The Morgan fingerprint density at radius 2 is 2.04 bits per heavy atom. The summed E-state index contributed by atoms with van der Waals surface area (Å²) in [6, 6.07) is 8.42. The van der Waals surface area contributed by atoms with Crippen LogP contribution in [-0.2, 0) is 6.54 Å². The molecule has 3 N–H and O–H groups in total. The quantitative estimate of drug-likeness (QED) is 0.458. The maximum atomic E-state index is 11.2. The fourth-order valence-corrected chi connectivity index (χ4v) is 2.82. The average molecular weight is 371 g/mol. The molecule has 3 rings (SSSR count). The van der Waals surface area contributed by atoms with Gasteiger partial charge in [-0.25, -0.2) is 4.98 Å². The van der Waals surface area contributed by atoms with Crippen LogP contribution < -0.4 is 10.6 Å². The molecule has 1 heterocycles. The minimum Gasteiger partial charge on any atom is -0.394 e. The third-order valence-electron chi connectivity index (χ3n) is 4.71. The lowest BCUT2D eigenvalue weighted by Gasteiger charge is -2.20. The topological polar surface area (TPSA) is 113 Å². The summed E-state index contributed by atoms with van der Waals surface area (Å²) in [6.07, 6.45) is 2.21. The number of para-hydroxylation sites is 1. The van der Waals surface area contributed by atoms with Crippen molar-refractivity contribution in [2.24, 2.45) is 5.92 Å². The molecule has 0 spiro atoms. The number of nitro benzene ring substituents is 1. The summed E-state index contributed by atoms with van der Waals surface area (Å²) in [6.45, 7) is 4.33. The second-order valence-corrected chi connectivity index (χ2v) is 7.19. The minimum atomic E-state index is -0.381. The summed E-state index contributed by atoms with van der Waals surface area (Å²) in [4.78, 5) is 19.9. The highest BCUT2D eigenvalue weighted by Gasteiger charge is 2.27. The van der Waals surface area contributed by atoms with Gasteiger partial charge in [-0.1, -0.05) is 32.0 Å². The second-order valence-electron chi connectivity index (χ2n) is 7.19. The van der Waals surface area contributed by atoms with E-state index in [9.17, 15) is 15.2 Å². The van der Waals surface area contributed by atoms with Crippen molar-refractivity contribution >= 4 is 17.5 Å². The molecule has 2 aromatic rings. The van der Waals surface area contributed by atoms with Crippen LogP contribution in [0.4, 0.5) is 17.5 Å². The summed E-state index contributed by atoms with van der Waals surface area (Å²) in [7, 11) is 0.